The number of hydrogen-bond donors (Lipinski definition) is 4. The van der Waals surface area contributed by atoms with E-state index in [1.54, 1.807) is 20.8 Å². The van der Waals surface area contributed by atoms with Gasteiger partial charge in [0, 0.05) is 12.5 Å². The average molecular weight is 446 g/mol. The summed E-state index contributed by atoms with van der Waals surface area (Å²) < 4.78 is 5.33. The van der Waals surface area contributed by atoms with Crippen molar-refractivity contribution in [3.8, 4) is 0 Å². The maximum Gasteiger partial charge on any atom is 0.408 e. The largest absolute Gasteiger partial charge is 0.480 e. The number of carbonyl (C=O) groups is 4. The molecular formula is C23H31N3O6. The molecule has 0 saturated carbocycles. The number of rotatable bonds is 7. The first-order valence-electron chi connectivity index (χ1n) is 10.9. The van der Waals surface area contributed by atoms with Crippen molar-refractivity contribution in [1.29, 1.82) is 0 Å². The van der Waals surface area contributed by atoms with Crippen molar-refractivity contribution in [2.24, 2.45) is 11.8 Å². The van der Waals surface area contributed by atoms with Gasteiger partial charge >= 0.3 is 12.1 Å². The monoisotopic (exact) mass is 445 g/mol. The number of aliphatic carboxylic acids is 1. The van der Waals surface area contributed by atoms with E-state index in [4.69, 9.17) is 4.74 Å². The van der Waals surface area contributed by atoms with Crippen molar-refractivity contribution < 1.29 is 29.0 Å². The summed E-state index contributed by atoms with van der Waals surface area (Å²) in [5.41, 5.74) is 1.45. The molecule has 1 aromatic carbocycles. The zero-order valence-electron chi connectivity index (χ0n) is 18.6. The third-order valence-corrected chi connectivity index (χ3v) is 5.81. The summed E-state index contributed by atoms with van der Waals surface area (Å²) in [7, 11) is 0. The van der Waals surface area contributed by atoms with Crippen LogP contribution in [0.15, 0.2) is 24.3 Å². The van der Waals surface area contributed by atoms with Gasteiger partial charge in [-0.2, -0.15) is 0 Å². The number of carboxylic acids is 1. The van der Waals surface area contributed by atoms with E-state index < -0.39 is 41.6 Å². The summed E-state index contributed by atoms with van der Waals surface area (Å²) in [6.07, 6.45) is 0.933. The first-order chi connectivity index (χ1) is 15.0. The number of benzene rings is 1. The summed E-state index contributed by atoms with van der Waals surface area (Å²) in [5, 5.41) is 17.5. The lowest BCUT2D eigenvalue weighted by Gasteiger charge is -2.28. The van der Waals surface area contributed by atoms with Gasteiger partial charge in [-0.25, -0.2) is 9.59 Å². The molecule has 2 aliphatic rings. The first-order valence-corrected chi connectivity index (χ1v) is 10.9. The van der Waals surface area contributed by atoms with Crippen LogP contribution < -0.4 is 16.0 Å². The maximum absolute atomic E-state index is 13.2. The lowest BCUT2D eigenvalue weighted by molar-refractivity contribution is -0.143. The maximum atomic E-state index is 13.2. The van der Waals surface area contributed by atoms with Crippen molar-refractivity contribution in [1.82, 2.24) is 16.0 Å². The van der Waals surface area contributed by atoms with Gasteiger partial charge in [-0.05, 0) is 63.5 Å². The van der Waals surface area contributed by atoms with Crippen LogP contribution in [0.2, 0.25) is 0 Å². The van der Waals surface area contributed by atoms with Crippen LogP contribution in [0.5, 0.6) is 0 Å². The second-order valence-corrected chi connectivity index (χ2v) is 9.47. The molecule has 3 rings (SSSR count). The number of nitrogens with one attached hydrogen (secondary N) is 3. The molecule has 4 N–H and O–H groups in total. The Kier molecular flexibility index (Phi) is 7.06. The quantitative estimate of drug-likeness (QED) is 0.501. The van der Waals surface area contributed by atoms with Crippen molar-refractivity contribution in [3.05, 3.63) is 35.4 Å². The van der Waals surface area contributed by atoms with Gasteiger partial charge in [-0.3, -0.25) is 9.59 Å². The summed E-state index contributed by atoms with van der Waals surface area (Å²) in [4.78, 5) is 49.3. The SMILES string of the molecule is CC(C)(C)OC(=O)N[C@H](C(=O)N[C@@H](C[C@@H]1CCNC1=O)C(=O)O)C1Cc2ccccc2C1. The van der Waals surface area contributed by atoms with Crippen LogP contribution in [0.1, 0.15) is 44.7 Å². The smallest absolute Gasteiger partial charge is 0.408 e. The molecule has 0 aromatic heterocycles. The Morgan fingerprint density at radius 2 is 1.78 bits per heavy atom. The lowest BCUT2D eigenvalue weighted by Crippen LogP contribution is -2.55. The second kappa shape index (κ2) is 9.58. The Morgan fingerprint density at radius 1 is 1.16 bits per heavy atom. The zero-order chi connectivity index (χ0) is 23.5. The molecular weight excluding hydrogens is 414 g/mol. The zero-order valence-corrected chi connectivity index (χ0v) is 18.6. The number of hydrogen-bond acceptors (Lipinski definition) is 5. The van der Waals surface area contributed by atoms with Crippen molar-refractivity contribution >= 4 is 23.9 Å². The minimum absolute atomic E-state index is 0.00302. The van der Waals surface area contributed by atoms with Gasteiger partial charge in [0.2, 0.25) is 11.8 Å². The fourth-order valence-corrected chi connectivity index (χ4v) is 4.30. The van der Waals surface area contributed by atoms with Crippen LogP contribution in [0.4, 0.5) is 4.79 Å². The minimum Gasteiger partial charge on any atom is -0.480 e. The minimum atomic E-state index is -1.23. The summed E-state index contributed by atoms with van der Waals surface area (Å²) in [5.74, 6) is -2.74. The summed E-state index contributed by atoms with van der Waals surface area (Å²) in [6.45, 7) is 5.66. The number of carbonyl (C=O) groups excluding carboxylic acids is 3. The molecule has 9 heteroatoms. The Balaban J connectivity index is 1.75. The van der Waals surface area contributed by atoms with Crippen molar-refractivity contribution in [2.45, 2.75) is 64.1 Å². The molecule has 0 bridgehead atoms. The Bertz CT molecular complexity index is 869. The van der Waals surface area contributed by atoms with Crippen LogP contribution in [0.25, 0.3) is 0 Å². The van der Waals surface area contributed by atoms with Crippen LogP contribution in [-0.4, -0.2) is 53.2 Å². The molecule has 1 heterocycles. The van der Waals surface area contributed by atoms with Gasteiger partial charge in [-0.15, -0.1) is 0 Å². The number of ether oxygens (including phenoxy) is 1. The molecule has 1 aromatic rings. The van der Waals surface area contributed by atoms with Crippen molar-refractivity contribution in [2.75, 3.05) is 6.54 Å². The molecule has 1 fully saturated rings. The molecule has 0 unspecified atom stereocenters. The van der Waals surface area contributed by atoms with Gasteiger partial charge in [0.25, 0.3) is 0 Å². The third-order valence-electron chi connectivity index (χ3n) is 5.81. The van der Waals surface area contributed by atoms with Crippen molar-refractivity contribution in [3.63, 3.8) is 0 Å². The van der Waals surface area contributed by atoms with Gasteiger partial charge in [-0.1, -0.05) is 24.3 Å². The van der Waals surface area contributed by atoms with Gasteiger partial charge < -0.3 is 25.8 Å². The molecule has 0 radical (unpaired) electrons. The highest BCUT2D eigenvalue weighted by Gasteiger charge is 2.38. The van der Waals surface area contributed by atoms with E-state index in [-0.39, 0.29) is 18.2 Å². The Labute approximate surface area is 187 Å². The molecule has 3 amide bonds. The summed E-state index contributed by atoms with van der Waals surface area (Å²) >= 11 is 0. The van der Waals surface area contributed by atoms with E-state index in [0.717, 1.165) is 11.1 Å². The van der Waals surface area contributed by atoms with Crippen LogP contribution >= 0.6 is 0 Å². The summed E-state index contributed by atoms with van der Waals surface area (Å²) in [6, 6.07) is 5.60. The first kappa shape index (κ1) is 23.6. The van der Waals surface area contributed by atoms with Gasteiger partial charge in [0.05, 0.1) is 0 Å². The Hall–Kier alpha value is -3.10. The van der Waals surface area contributed by atoms with E-state index in [9.17, 15) is 24.3 Å². The predicted molar refractivity (Wildman–Crippen MR) is 116 cm³/mol. The highest BCUT2D eigenvalue weighted by atomic mass is 16.6. The predicted octanol–water partition coefficient (Wildman–Crippen LogP) is 1.39. The Morgan fingerprint density at radius 3 is 2.28 bits per heavy atom. The third kappa shape index (κ3) is 5.99. The molecule has 9 nitrogen and oxygen atoms in total. The van der Waals surface area contributed by atoms with E-state index in [2.05, 4.69) is 16.0 Å². The topological polar surface area (TPSA) is 134 Å². The van der Waals surface area contributed by atoms with E-state index >= 15 is 0 Å². The second-order valence-electron chi connectivity index (χ2n) is 9.47. The van der Waals surface area contributed by atoms with E-state index in [1.165, 1.54) is 0 Å². The fourth-order valence-electron chi connectivity index (χ4n) is 4.30. The normalized spacial score (nSPS) is 20.1. The molecule has 1 saturated heterocycles. The molecule has 174 valence electrons. The van der Waals surface area contributed by atoms with E-state index in [0.29, 0.717) is 25.8 Å². The fraction of sp³-hybridized carbons (Fsp3) is 0.565. The lowest BCUT2D eigenvalue weighted by atomic mass is 9.94. The van der Waals surface area contributed by atoms with Crippen LogP contribution in [-0.2, 0) is 32.0 Å². The standard InChI is InChI=1S/C23H31N3O6/c1-23(2,3)32-22(31)26-18(16-10-13-6-4-5-7-14(13)11-16)20(28)25-17(21(29)30)12-15-8-9-24-19(15)27/h4-7,15-18H,8-12H2,1-3H3,(H,24,27)(H,25,28)(H,26,31)(H,29,30)/t15-,17-,18-/m0/s1. The molecule has 1 aliphatic carbocycles. The number of carboxylic acid groups (broad SMARTS) is 1. The highest BCUT2D eigenvalue weighted by Crippen LogP contribution is 2.29. The van der Waals surface area contributed by atoms with Crippen LogP contribution in [0, 0.1) is 11.8 Å². The van der Waals surface area contributed by atoms with Crippen LogP contribution in [0.3, 0.4) is 0 Å². The average Bonchev–Trinajstić information content (AvgIpc) is 3.29. The number of amides is 3. The van der Waals surface area contributed by atoms with Gasteiger partial charge in [0.1, 0.15) is 17.7 Å². The number of alkyl carbamates (subject to hydrolysis) is 1. The molecule has 32 heavy (non-hydrogen) atoms. The van der Waals surface area contributed by atoms with Gasteiger partial charge in [0.15, 0.2) is 0 Å². The highest BCUT2D eigenvalue weighted by molar-refractivity contribution is 5.90. The van der Waals surface area contributed by atoms with E-state index in [1.807, 2.05) is 24.3 Å². The molecule has 0 spiro atoms. The molecule has 3 atom stereocenters. The molecule has 1 aliphatic heterocycles. The number of fused-ring (bicyclic) bond motifs is 1.